The van der Waals surface area contributed by atoms with Crippen LogP contribution in [0.15, 0.2) is 30.6 Å². The molecule has 0 saturated carbocycles. The van der Waals surface area contributed by atoms with Crippen molar-refractivity contribution < 1.29 is 4.74 Å². The fourth-order valence-corrected chi connectivity index (χ4v) is 1.11. The molecule has 0 N–H and O–H groups in total. The van der Waals surface area contributed by atoms with E-state index in [0.717, 1.165) is 5.69 Å². The van der Waals surface area contributed by atoms with Crippen LogP contribution in [0.4, 0.5) is 0 Å². The summed E-state index contributed by atoms with van der Waals surface area (Å²) in [4.78, 5) is 4.07. The fourth-order valence-electron chi connectivity index (χ4n) is 1.11. The molecule has 2 rings (SSSR count). The highest BCUT2D eigenvalue weighted by Gasteiger charge is 2.05. The topological polar surface area (TPSA) is 71.7 Å². The molecular weight excluding hydrogens is 204 g/mol. The molecule has 2 aromatic rings. The average molecular weight is 212 g/mol. The molecule has 0 aliphatic heterocycles. The highest BCUT2D eigenvalue weighted by molar-refractivity contribution is 5.38. The standard InChI is InChI=1S/C11H8N4O/c1-8-2-3-10(7-13-8)16-11-9(6-12)4-5-14-15-11/h2-5,7H,1H3. The zero-order chi connectivity index (χ0) is 11.4. The summed E-state index contributed by atoms with van der Waals surface area (Å²) < 4.78 is 5.40. The molecule has 2 aromatic heterocycles. The third kappa shape index (κ3) is 2.12. The third-order valence-corrected chi connectivity index (χ3v) is 1.91. The smallest absolute Gasteiger partial charge is 0.257 e. The zero-order valence-corrected chi connectivity index (χ0v) is 8.58. The molecule has 0 amide bonds. The summed E-state index contributed by atoms with van der Waals surface area (Å²) in [7, 11) is 0. The van der Waals surface area contributed by atoms with E-state index in [9.17, 15) is 0 Å². The second-order valence-electron chi connectivity index (χ2n) is 3.10. The van der Waals surface area contributed by atoms with Crippen molar-refractivity contribution in [2.45, 2.75) is 6.92 Å². The molecule has 0 unspecified atom stereocenters. The average Bonchev–Trinajstić information content (AvgIpc) is 2.33. The third-order valence-electron chi connectivity index (χ3n) is 1.91. The fraction of sp³-hybridized carbons (Fsp3) is 0.0909. The van der Waals surface area contributed by atoms with Gasteiger partial charge in [0.1, 0.15) is 17.4 Å². The molecule has 5 heteroatoms. The molecule has 16 heavy (non-hydrogen) atoms. The number of pyridine rings is 1. The van der Waals surface area contributed by atoms with Crippen LogP contribution in [0.3, 0.4) is 0 Å². The normalized spacial score (nSPS) is 9.50. The lowest BCUT2D eigenvalue weighted by atomic mass is 10.3. The Morgan fingerprint density at radius 1 is 1.31 bits per heavy atom. The predicted octanol–water partition coefficient (Wildman–Crippen LogP) is 1.84. The predicted molar refractivity (Wildman–Crippen MR) is 55.8 cm³/mol. The minimum Gasteiger partial charge on any atom is -0.435 e. The van der Waals surface area contributed by atoms with Crippen molar-refractivity contribution in [2.75, 3.05) is 0 Å². The van der Waals surface area contributed by atoms with Crippen LogP contribution in [-0.4, -0.2) is 15.2 Å². The van der Waals surface area contributed by atoms with Crippen LogP contribution in [0.25, 0.3) is 0 Å². The Balaban J connectivity index is 2.27. The first-order valence-electron chi connectivity index (χ1n) is 4.62. The second kappa shape index (κ2) is 4.36. The number of nitrogens with zero attached hydrogens (tertiary/aromatic N) is 4. The van der Waals surface area contributed by atoms with Crippen molar-refractivity contribution in [2.24, 2.45) is 0 Å². The van der Waals surface area contributed by atoms with E-state index in [4.69, 9.17) is 10.00 Å². The van der Waals surface area contributed by atoms with Gasteiger partial charge in [-0.15, -0.1) is 5.10 Å². The maximum atomic E-state index is 8.83. The van der Waals surface area contributed by atoms with Crippen LogP contribution < -0.4 is 4.74 Å². The summed E-state index contributed by atoms with van der Waals surface area (Å²) in [6.45, 7) is 1.88. The van der Waals surface area contributed by atoms with Gasteiger partial charge < -0.3 is 4.74 Å². The van der Waals surface area contributed by atoms with Crippen LogP contribution >= 0.6 is 0 Å². The van der Waals surface area contributed by atoms with Crippen molar-refractivity contribution in [3.8, 4) is 17.7 Å². The van der Waals surface area contributed by atoms with Gasteiger partial charge in [-0.2, -0.15) is 10.4 Å². The highest BCUT2D eigenvalue weighted by atomic mass is 16.5. The van der Waals surface area contributed by atoms with Crippen LogP contribution in [0.2, 0.25) is 0 Å². The molecule has 0 aromatic carbocycles. The molecule has 0 spiro atoms. The number of ether oxygens (including phenoxy) is 1. The summed E-state index contributed by atoms with van der Waals surface area (Å²) >= 11 is 0. The maximum absolute atomic E-state index is 8.83. The molecule has 0 saturated heterocycles. The number of aromatic nitrogens is 3. The van der Waals surface area contributed by atoms with Crippen LogP contribution in [0, 0.1) is 18.3 Å². The lowest BCUT2D eigenvalue weighted by Gasteiger charge is -2.04. The van der Waals surface area contributed by atoms with E-state index in [-0.39, 0.29) is 5.88 Å². The van der Waals surface area contributed by atoms with Crippen molar-refractivity contribution in [3.63, 3.8) is 0 Å². The molecular formula is C11H8N4O. The molecule has 0 bridgehead atoms. The first-order valence-corrected chi connectivity index (χ1v) is 4.62. The summed E-state index contributed by atoms with van der Waals surface area (Å²) in [5.74, 6) is 0.721. The van der Waals surface area contributed by atoms with E-state index in [2.05, 4.69) is 15.2 Å². The minimum atomic E-state index is 0.190. The van der Waals surface area contributed by atoms with E-state index in [0.29, 0.717) is 11.3 Å². The molecule has 0 atom stereocenters. The Bertz CT molecular complexity index is 530. The monoisotopic (exact) mass is 212 g/mol. The van der Waals surface area contributed by atoms with Crippen molar-refractivity contribution in [1.82, 2.24) is 15.2 Å². The van der Waals surface area contributed by atoms with Gasteiger partial charge in [0, 0.05) is 5.69 Å². The van der Waals surface area contributed by atoms with E-state index in [1.807, 2.05) is 19.1 Å². The van der Waals surface area contributed by atoms with Crippen LogP contribution in [-0.2, 0) is 0 Å². The summed E-state index contributed by atoms with van der Waals surface area (Å²) in [6.07, 6.45) is 3.02. The van der Waals surface area contributed by atoms with Crippen molar-refractivity contribution in [1.29, 1.82) is 5.26 Å². The Morgan fingerprint density at radius 3 is 2.88 bits per heavy atom. The molecule has 2 heterocycles. The van der Waals surface area contributed by atoms with Gasteiger partial charge >= 0.3 is 0 Å². The number of hydrogen-bond donors (Lipinski definition) is 0. The first-order chi connectivity index (χ1) is 7.79. The van der Waals surface area contributed by atoms with E-state index in [1.165, 1.54) is 6.20 Å². The SMILES string of the molecule is Cc1ccc(Oc2nnccc2C#N)cn1. The van der Waals surface area contributed by atoms with Gasteiger partial charge in [0.2, 0.25) is 0 Å². The van der Waals surface area contributed by atoms with E-state index < -0.39 is 0 Å². The Hall–Kier alpha value is -2.48. The van der Waals surface area contributed by atoms with Gasteiger partial charge in [-0.05, 0) is 25.1 Å². The van der Waals surface area contributed by atoms with Crippen molar-refractivity contribution >= 4 is 0 Å². The summed E-state index contributed by atoms with van der Waals surface area (Å²) in [5.41, 5.74) is 1.24. The molecule has 5 nitrogen and oxygen atoms in total. The van der Waals surface area contributed by atoms with Crippen molar-refractivity contribution in [3.05, 3.63) is 41.9 Å². The number of hydrogen-bond acceptors (Lipinski definition) is 5. The first kappa shape index (κ1) is 10.1. The molecule has 0 radical (unpaired) electrons. The molecule has 0 aliphatic rings. The van der Waals surface area contributed by atoms with Crippen LogP contribution in [0.1, 0.15) is 11.3 Å². The minimum absolute atomic E-state index is 0.190. The quantitative estimate of drug-likeness (QED) is 0.759. The number of rotatable bonds is 2. The van der Waals surface area contributed by atoms with E-state index in [1.54, 1.807) is 18.3 Å². The Labute approximate surface area is 92.4 Å². The number of aryl methyl sites for hydroxylation is 1. The van der Waals surface area contributed by atoms with E-state index >= 15 is 0 Å². The van der Waals surface area contributed by atoms with Gasteiger partial charge in [0.05, 0.1) is 12.4 Å². The summed E-state index contributed by atoms with van der Waals surface area (Å²) in [6, 6.07) is 7.10. The molecule has 0 aliphatic carbocycles. The van der Waals surface area contributed by atoms with Crippen LogP contribution in [0.5, 0.6) is 11.6 Å². The van der Waals surface area contributed by atoms with Gasteiger partial charge in [-0.1, -0.05) is 0 Å². The van der Waals surface area contributed by atoms with Gasteiger partial charge in [-0.25, -0.2) is 0 Å². The van der Waals surface area contributed by atoms with Gasteiger partial charge in [0.15, 0.2) is 0 Å². The second-order valence-corrected chi connectivity index (χ2v) is 3.10. The zero-order valence-electron chi connectivity index (χ0n) is 8.58. The Morgan fingerprint density at radius 2 is 2.19 bits per heavy atom. The lowest BCUT2D eigenvalue weighted by Crippen LogP contribution is -1.94. The largest absolute Gasteiger partial charge is 0.435 e. The number of nitriles is 1. The van der Waals surface area contributed by atoms with Gasteiger partial charge in [0.25, 0.3) is 5.88 Å². The van der Waals surface area contributed by atoms with Gasteiger partial charge in [-0.3, -0.25) is 4.98 Å². The Kier molecular flexibility index (Phi) is 2.74. The highest BCUT2D eigenvalue weighted by Crippen LogP contribution is 2.20. The summed E-state index contributed by atoms with van der Waals surface area (Å²) in [5, 5.41) is 16.2. The maximum Gasteiger partial charge on any atom is 0.257 e. The lowest BCUT2D eigenvalue weighted by molar-refractivity contribution is 0.451. The molecule has 78 valence electrons. The molecule has 0 fully saturated rings.